The first kappa shape index (κ1) is 18.9. The summed E-state index contributed by atoms with van der Waals surface area (Å²) in [6, 6.07) is 16.2. The van der Waals surface area contributed by atoms with Gasteiger partial charge in [0, 0.05) is 23.8 Å². The van der Waals surface area contributed by atoms with E-state index in [1.807, 2.05) is 30.3 Å². The number of para-hydroxylation sites is 1. The summed E-state index contributed by atoms with van der Waals surface area (Å²) < 4.78 is 8.09. The van der Waals surface area contributed by atoms with E-state index in [-0.39, 0.29) is 24.2 Å². The van der Waals surface area contributed by atoms with Gasteiger partial charge in [0.25, 0.3) is 5.56 Å². The monoisotopic (exact) mass is 408 g/mol. The summed E-state index contributed by atoms with van der Waals surface area (Å²) in [5.74, 6) is 1.09. The van der Waals surface area contributed by atoms with Gasteiger partial charge in [-0.2, -0.15) is 0 Å². The molecule has 0 saturated carbocycles. The molecule has 2 aromatic carbocycles. The highest BCUT2D eigenvalue weighted by atomic mass is 35.5. The summed E-state index contributed by atoms with van der Waals surface area (Å²) in [5.41, 5.74) is 0.117. The number of hydrogen-bond donors (Lipinski definition) is 0. The van der Waals surface area contributed by atoms with E-state index < -0.39 is 11.2 Å². The minimum Gasteiger partial charge on any atom is -0.492 e. The number of nitrogens with zero attached hydrogens (tertiary/aromatic N) is 4. The zero-order valence-electron chi connectivity index (χ0n) is 15.6. The molecule has 0 aliphatic carbocycles. The van der Waals surface area contributed by atoms with Gasteiger partial charge in [0.05, 0.1) is 6.54 Å². The van der Waals surface area contributed by atoms with Crippen molar-refractivity contribution in [2.75, 3.05) is 6.61 Å². The SMILES string of the molecule is Cn1c(=O)n(CCOc2ccccc2)c(=O)c2cnc(-c3ccc(Cl)cc3)nc21. The highest BCUT2D eigenvalue weighted by Crippen LogP contribution is 2.19. The fourth-order valence-corrected chi connectivity index (χ4v) is 3.12. The topological polar surface area (TPSA) is 79.0 Å². The Morgan fingerprint density at radius 1 is 1.03 bits per heavy atom. The number of benzene rings is 2. The van der Waals surface area contributed by atoms with Crippen molar-refractivity contribution in [1.82, 2.24) is 19.1 Å². The third-order valence-electron chi connectivity index (χ3n) is 4.51. The number of hydrogen-bond acceptors (Lipinski definition) is 5. The van der Waals surface area contributed by atoms with Crippen LogP contribution in [0.5, 0.6) is 5.75 Å². The second-order valence-corrected chi connectivity index (χ2v) is 6.83. The van der Waals surface area contributed by atoms with Crippen molar-refractivity contribution in [3.05, 3.63) is 86.7 Å². The molecule has 2 aromatic heterocycles. The third kappa shape index (κ3) is 3.77. The zero-order valence-corrected chi connectivity index (χ0v) is 16.3. The van der Waals surface area contributed by atoms with Gasteiger partial charge in [0.1, 0.15) is 17.7 Å². The molecule has 0 N–H and O–H groups in total. The number of aryl methyl sites for hydroxylation is 1. The predicted octanol–water partition coefficient (Wildman–Crippen LogP) is 2.89. The molecule has 8 heteroatoms. The van der Waals surface area contributed by atoms with E-state index in [2.05, 4.69) is 9.97 Å². The van der Waals surface area contributed by atoms with Gasteiger partial charge in [-0.1, -0.05) is 29.8 Å². The summed E-state index contributed by atoms with van der Waals surface area (Å²) >= 11 is 5.92. The third-order valence-corrected chi connectivity index (χ3v) is 4.76. The van der Waals surface area contributed by atoms with E-state index in [0.717, 1.165) is 10.1 Å². The number of rotatable bonds is 5. The highest BCUT2D eigenvalue weighted by Gasteiger charge is 2.14. The summed E-state index contributed by atoms with van der Waals surface area (Å²) in [6.07, 6.45) is 1.45. The molecule has 4 aromatic rings. The lowest BCUT2D eigenvalue weighted by molar-refractivity contribution is 0.293. The van der Waals surface area contributed by atoms with E-state index in [0.29, 0.717) is 16.6 Å². The Balaban J connectivity index is 1.69. The molecule has 0 aliphatic heterocycles. The summed E-state index contributed by atoms with van der Waals surface area (Å²) in [5, 5.41) is 0.868. The molecule has 2 heterocycles. The molecule has 4 rings (SSSR count). The molecular formula is C21H17ClN4O3. The Hall–Kier alpha value is -3.45. The molecular weight excluding hydrogens is 392 g/mol. The van der Waals surface area contributed by atoms with Gasteiger partial charge in [-0.05, 0) is 36.4 Å². The minimum atomic E-state index is -0.458. The lowest BCUT2D eigenvalue weighted by Gasteiger charge is -2.11. The molecule has 0 fully saturated rings. The highest BCUT2D eigenvalue weighted by molar-refractivity contribution is 6.30. The van der Waals surface area contributed by atoms with Crippen molar-refractivity contribution in [3.8, 4) is 17.1 Å². The molecule has 0 unspecified atom stereocenters. The maximum absolute atomic E-state index is 12.8. The second kappa shape index (κ2) is 7.89. The van der Waals surface area contributed by atoms with Gasteiger partial charge < -0.3 is 4.74 Å². The molecule has 7 nitrogen and oxygen atoms in total. The molecule has 29 heavy (non-hydrogen) atoms. The molecule has 0 bridgehead atoms. The van der Waals surface area contributed by atoms with Crippen LogP contribution in [0.1, 0.15) is 0 Å². The van der Waals surface area contributed by atoms with Crippen molar-refractivity contribution in [1.29, 1.82) is 0 Å². The summed E-state index contributed by atoms with van der Waals surface area (Å²) in [4.78, 5) is 34.3. The Labute approximate surface area is 170 Å². The van der Waals surface area contributed by atoms with Crippen LogP contribution in [0.25, 0.3) is 22.4 Å². The van der Waals surface area contributed by atoms with Crippen LogP contribution < -0.4 is 16.0 Å². The first-order valence-corrected chi connectivity index (χ1v) is 9.33. The van der Waals surface area contributed by atoms with Gasteiger partial charge >= 0.3 is 5.69 Å². The van der Waals surface area contributed by atoms with Gasteiger partial charge in [-0.3, -0.25) is 13.9 Å². The summed E-state index contributed by atoms with van der Waals surface area (Å²) in [6.45, 7) is 0.309. The van der Waals surface area contributed by atoms with Crippen molar-refractivity contribution in [2.24, 2.45) is 7.05 Å². The van der Waals surface area contributed by atoms with E-state index in [1.165, 1.54) is 10.8 Å². The fraction of sp³-hybridized carbons (Fsp3) is 0.143. The smallest absolute Gasteiger partial charge is 0.332 e. The van der Waals surface area contributed by atoms with Crippen LogP contribution >= 0.6 is 11.6 Å². The molecule has 0 atom stereocenters. The maximum atomic E-state index is 12.8. The zero-order chi connectivity index (χ0) is 20.4. The summed E-state index contributed by atoms with van der Waals surface area (Å²) in [7, 11) is 1.58. The van der Waals surface area contributed by atoms with Gasteiger partial charge in [-0.25, -0.2) is 14.8 Å². The normalized spacial score (nSPS) is 11.0. The van der Waals surface area contributed by atoms with E-state index in [1.54, 1.807) is 31.3 Å². The average molecular weight is 409 g/mol. The van der Waals surface area contributed by atoms with Crippen LogP contribution in [0.3, 0.4) is 0 Å². The molecule has 0 aliphatic rings. The van der Waals surface area contributed by atoms with Crippen LogP contribution in [-0.2, 0) is 13.6 Å². The number of ether oxygens (including phenoxy) is 1. The van der Waals surface area contributed by atoms with Crippen LogP contribution in [0.2, 0.25) is 5.02 Å². The average Bonchev–Trinajstić information content (AvgIpc) is 2.75. The molecule has 0 amide bonds. The largest absolute Gasteiger partial charge is 0.492 e. The first-order valence-electron chi connectivity index (χ1n) is 8.95. The Morgan fingerprint density at radius 2 is 1.76 bits per heavy atom. The lowest BCUT2D eigenvalue weighted by atomic mass is 10.2. The fourth-order valence-electron chi connectivity index (χ4n) is 2.99. The van der Waals surface area contributed by atoms with Crippen molar-refractivity contribution in [2.45, 2.75) is 6.54 Å². The van der Waals surface area contributed by atoms with E-state index >= 15 is 0 Å². The maximum Gasteiger partial charge on any atom is 0.332 e. The lowest BCUT2D eigenvalue weighted by Crippen LogP contribution is -2.40. The molecule has 0 saturated heterocycles. The standard InChI is InChI=1S/C21H17ClN4O3/c1-25-19-17(13-23-18(24-19)14-7-9-15(22)10-8-14)20(27)26(21(25)28)11-12-29-16-5-3-2-4-6-16/h2-10,13H,11-12H2,1H3. The number of fused-ring (bicyclic) bond motifs is 1. The molecule has 146 valence electrons. The van der Waals surface area contributed by atoms with E-state index in [9.17, 15) is 9.59 Å². The van der Waals surface area contributed by atoms with Crippen LogP contribution in [0, 0.1) is 0 Å². The number of halogens is 1. The van der Waals surface area contributed by atoms with Crippen molar-refractivity contribution in [3.63, 3.8) is 0 Å². The van der Waals surface area contributed by atoms with Crippen LogP contribution in [-0.4, -0.2) is 25.7 Å². The Bertz CT molecular complexity index is 1280. The van der Waals surface area contributed by atoms with Crippen LogP contribution in [0.15, 0.2) is 70.4 Å². The number of aromatic nitrogens is 4. The molecule has 0 spiro atoms. The molecule has 0 radical (unpaired) electrons. The first-order chi connectivity index (χ1) is 14.0. The Kier molecular flexibility index (Phi) is 5.14. The predicted molar refractivity (Wildman–Crippen MR) is 111 cm³/mol. The minimum absolute atomic E-state index is 0.120. The quantitative estimate of drug-likeness (QED) is 0.507. The Morgan fingerprint density at radius 3 is 2.48 bits per heavy atom. The van der Waals surface area contributed by atoms with Gasteiger partial charge in [0.2, 0.25) is 0 Å². The van der Waals surface area contributed by atoms with Crippen molar-refractivity contribution >= 4 is 22.6 Å². The van der Waals surface area contributed by atoms with Crippen molar-refractivity contribution < 1.29 is 4.74 Å². The second-order valence-electron chi connectivity index (χ2n) is 6.40. The van der Waals surface area contributed by atoms with Crippen LogP contribution in [0.4, 0.5) is 0 Å². The van der Waals surface area contributed by atoms with Gasteiger partial charge in [-0.15, -0.1) is 0 Å². The van der Waals surface area contributed by atoms with E-state index in [4.69, 9.17) is 16.3 Å². The van der Waals surface area contributed by atoms with Gasteiger partial charge in [0.15, 0.2) is 11.5 Å².